The largest absolute Gasteiger partial charge is 0.459 e. The van der Waals surface area contributed by atoms with Crippen LogP contribution in [0.3, 0.4) is 0 Å². The van der Waals surface area contributed by atoms with E-state index in [0.29, 0.717) is 6.54 Å². The minimum Gasteiger partial charge on any atom is -0.459 e. The van der Waals surface area contributed by atoms with Gasteiger partial charge in [0.15, 0.2) is 0 Å². The van der Waals surface area contributed by atoms with Gasteiger partial charge in [0.05, 0.1) is 0 Å². The summed E-state index contributed by atoms with van der Waals surface area (Å²) in [7, 11) is 0. The minimum atomic E-state index is -1.08. The summed E-state index contributed by atoms with van der Waals surface area (Å²) in [5, 5.41) is 4.97. The first-order valence-corrected chi connectivity index (χ1v) is 8.33. The Morgan fingerprint density at radius 2 is 1.96 bits per heavy atom. The van der Waals surface area contributed by atoms with Gasteiger partial charge >= 0.3 is 12.0 Å². The first-order valence-electron chi connectivity index (χ1n) is 8.33. The highest BCUT2D eigenvalue weighted by Gasteiger charge is 2.56. The molecule has 2 fully saturated rings. The maximum absolute atomic E-state index is 12.7. The van der Waals surface area contributed by atoms with E-state index in [9.17, 15) is 14.4 Å². The molecule has 1 aromatic carbocycles. The van der Waals surface area contributed by atoms with Gasteiger partial charge in [0.2, 0.25) is 0 Å². The highest BCUT2D eigenvalue weighted by atomic mass is 16.6. The second kappa shape index (κ2) is 6.15. The van der Waals surface area contributed by atoms with Gasteiger partial charge in [-0.1, -0.05) is 30.3 Å². The second-order valence-electron chi connectivity index (χ2n) is 7.63. The molecule has 7 heteroatoms. The molecule has 3 rings (SSSR count). The molecule has 7 nitrogen and oxygen atoms in total. The molecule has 2 N–H and O–H groups in total. The summed E-state index contributed by atoms with van der Waals surface area (Å²) in [5.41, 5.74) is -0.669. The summed E-state index contributed by atoms with van der Waals surface area (Å²) in [6, 6.07) is 8.58. The van der Waals surface area contributed by atoms with Gasteiger partial charge in [-0.3, -0.25) is 19.8 Å². The second-order valence-corrected chi connectivity index (χ2v) is 7.63. The van der Waals surface area contributed by atoms with Crippen molar-refractivity contribution in [1.82, 2.24) is 15.5 Å². The van der Waals surface area contributed by atoms with E-state index in [-0.39, 0.29) is 24.8 Å². The van der Waals surface area contributed by atoms with Crippen LogP contribution in [0.4, 0.5) is 4.79 Å². The number of esters is 1. The number of rotatable bonds is 3. The van der Waals surface area contributed by atoms with Crippen LogP contribution in [0.5, 0.6) is 0 Å². The Bertz CT molecular complexity index is 698. The van der Waals surface area contributed by atoms with Crippen molar-refractivity contribution in [2.75, 3.05) is 6.54 Å². The van der Waals surface area contributed by atoms with Gasteiger partial charge in [-0.15, -0.1) is 0 Å². The predicted molar refractivity (Wildman–Crippen MR) is 90.5 cm³/mol. The average Bonchev–Trinajstić information content (AvgIpc) is 2.99. The van der Waals surface area contributed by atoms with Crippen LogP contribution < -0.4 is 10.6 Å². The molecule has 1 aromatic rings. The number of benzene rings is 1. The Kier molecular flexibility index (Phi) is 4.28. The number of nitrogens with zero attached hydrogens (tertiary/aromatic N) is 1. The van der Waals surface area contributed by atoms with Crippen molar-refractivity contribution in [3.05, 3.63) is 35.9 Å². The summed E-state index contributed by atoms with van der Waals surface area (Å²) in [4.78, 5) is 38.5. The van der Waals surface area contributed by atoms with Crippen molar-refractivity contribution in [3.63, 3.8) is 0 Å². The van der Waals surface area contributed by atoms with Gasteiger partial charge < -0.3 is 10.1 Å². The van der Waals surface area contributed by atoms with Crippen molar-refractivity contribution in [2.45, 2.75) is 50.9 Å². The third kappa shape index (κ3) is 3.66. The van der Waals surface area contributed by atoms with E-state index in [1.165, 1.54) is 0 Å². The van der Waals surface area contributed by atoms with Crippen LogP contribution in [0, 0.1) is 0 Å². The maximum Gasteiger partial charge on any atom is 0.323 e. The Hall–Kier alpha value is -2.41. The fraction of sp³-hybridized carbons (Fsp3) is 0.500. The third-order valence-corrected chi connectivity index (χ3v) is 4.38. The monoisotopic (exact) mass is 345 g/mol. The number of ether oxygens (including phenoxy) is 1. The fourth-order valence-corrected chi connectivity index (χ4v) is 3.35. The minimum absolute atomic E-state index is 0.201. The molecule has 2 atom stereocenters. The number of amides is 3. The van der Waals surface area contributed by atoms with Gasteiger partial charge in [0.1, 0.15) is 17.2 Å². The first-order chi connectivity index (χ1) is 11.7. The highest BCUT2D eigenvalue weighted by molar-refractivity contribution is 6.07. The van der Waals surface area contributed by atoms with E-state index in [1.54, 1.807) is 20.8 Å². The first kappa shape index (κ1) is 17.4. The molecule has 2 aliphatic rings. The third-order valence-electron chi connectivity index (χ3n) is 4.38. The van der Waals surface area contributed by atoms with E-state index in [0.717, 1.165) is 5.56 Å². The van der Waals surface area contributed by atoms with Gasteiger partial charge in [0, 0.05) is 19.5 Å². The predicted octanol–water partition coefficient (Wildman–Crippen LogP) is 1.18. The van der Waals surface area contributed by atoms with Crippen molar-refractivity contribution >= 4 is 17.9 Å². The molecule has 2 heterocycles. The van der Waals surface area contributed by atoms with E-state index in [4.69, 9.17) is 4.74 Å². The summed E-state index contributed by atoms with van der Waals surface area (Å²) in [6.07, 6.45) is 0.201. The van der Waals surface area contributed by atoms with Crippen LogP contribution in [0.2, 0.25) is 0 Å². The maximum atomic E-state index is 12.7. The van der Waals surface area contributed by atoms with Crippen LogP contribution in [0.15, 0.2) is 30.3 Å². The summed E-state index contributed by atoms with van der Waals surface area (Å²) < 4.78 is 5.53. The van der Waals surface area contributed by atoms with Crippen molar-refractivity contribution in [3.8, 4) is 0 Å². The van der Waals surface area contributed by atoms with Crippen LogP contribution in [-0.2, 0) is 20.9 Å². The molecule has 2 saturated heterocycles. The van der Waals surface area contributed by atoms with E-state index < -0.39 is 23.2 Å². The van der Waals surface area contributed by atoms with Crippen molar-refractivity contribution < 1.29 is 19.1 Å². The number of hydrogen-bond acceptors (Lipinski definition) is 5. The SMILES string of the molecule is CC(C)(C)OC(=O)[C@@H]1C[C@@]2(CN1Cc1ccccc1)NC(=O)NC2=O. The average molecular weight is 345 g/mol. The smallest absolute Gasteiger partial charge is 0.323 e. The molecular formula is C18H23N3O4. The molecule has 0 saturated carbocycles. The molecule has 2 aliphatic heterocycles. The lowest BCUT2D eigenvalue weighted by Gasteiger charge is -2.27. The Balaban J connectivity index is 1.85. The van der Waals surface area contributed by atoms with Crippen LogP contribution in [0.25, 0.3) is 0 Å². The standard InChI is InChI=1S/C18H23N3O4/c1-17(2,3)25-14(22)13-9-18(15(23)19-16(24)20-18)11-21(13)10-12-7-5-4-6-8-12/h4-8,13H,9-11H2,1-3H3,(H2,19,20,23,24)/t13-,18-/m0/s1. The van der Waals surface area contributed by atoms with Gasteiger partial charge in [0.25, 0.3) is 5.91 Å². The molecule has 0 unspecified atom stereocenters. The molecule has 1 spiro atoms. The Labute approximate surface area is 146 Å². The quantitative estimate of drug-likeness (QED) is 0.634. The van der Waals surface area contributed by atoms with Crippen molar-refractivity contribution in [2.24, 2.45) is 0 Å². The number of hydrogen-bond donors (Lipinski definition) is 2. The Morgan fingerprint density at radius 3 is 2.52 bits per heavy atom. The number of imide groups is 1. The lowest BCUT2D eigenvalue weighted by Crippen LogP contribution is -2.48. The van der Waals surface area contributed by atoms with Gasteiger partial charge in [-0.05, 0) is 26.3 Å². The van der Waals surface area contributed by atoms with Gasteiger partial charge in [-0.25, -0.2) is 4.79 Å². The molecule has 134 valence electrons. The zero-order valence-electron chi connectivity index (χ0n) is 14.7. The van der Waals surface area contributed by atoms with Crippen LogP contribution >= 0.6 is 0 Å². The van der Waals surface area contributed by atoms with Crippen LogP contribution in [-0.4, -0.2) is 46.5 Å². The van der Waals surface area contributed by atoms with Crippen LogP contribution in [0.1, 0.15) is 32.8 Å². The van der Waals surface area contributed by atoms with E-state index in [2.05, 4.69) is 10.6 Å². The Morgan fingerprint density at radius 1 is 1.28 bits per heavy atom. The van der Waals surface area contributed by atoms with E-state index in [1.807, 2.05) is 35.2 Å². The number of carbonyl (C=O) groups excluding carboxylic acids is 3. The topological polar surface area (TPSA) is 87.7 Å². The molecule has 0 radical (unpaired) electrons. The summed E-state index contributed by atoms with van der Waals surface area (Å²) >= 11 is 0. The van der Waals surface area contributed by atoms with Crippen molar-refractivity contribution in [1.29, 1.82) is 0 Å². The lowest BCUT2D eigenvalue weighted by molar-refractivity contribution is -0.160. The fourth-order valence-electron chi connectivity index (χ4n) is 3.35. The molecule has 0 aliphatic carbocycles. The normalized spacial score (nSPS) is 26.6. The number of carbonyl (C=O) groups is 3. The number of nitrogens with one attached hydrogen (secondary N) is 2. The highest BCUT2D eigenvalue weighted by Crippen LogP contribution is 2.32. The lowest BCUT2D eigenvalue weighted by atomic mass is 9.96. The summed E-state index contributed by atoms with van der Waals surface area (Å²) in [6.45, 7) is 6.18. The number of likely N-dealkylation sites (tertiary alicyclic amines) is 1. The zero-order valence-corrected chi connectivity index (χ0v) is 14.7. The molecule has 3 amide bonds. The number of urea groups is 1. The molecular weight excluding hydrogens is 322 g/mol. The molecule has 0 aromatic heterocycles. The molecule has 25 heavy (non-hydrogen) atoms. The zero-order chi connectivity index (χ0) is 18.2. The van der Waals surface area contributed by atoms with E-state index >= 15 is 0 Å². The van der Waals surface area contributed by atoms with Gasteiger partial charge in [-0.2, -0.15) is 0 Å². The molecule has 0 bridgehead atoms. The summed E-state index contributed by atoms with van der Waals surface area (Å²) in [5.74, 6) is -0.768.